The summed E-state index contributed by atoms with van der Waals surface area (Å²) in [4.78, 5) is 4.63. The number of para-hydroxylation sites is 1. The van der Waals surface area contributed by atoms with Crippen molar-refractivity contribution in [1.82, 2.24) is 15.2 Å². The molecule has 2 heterocycles. The topological polar surface area (TPSA) is 73.1 Å². The minimum Gasteiger partial charge on any atom is -0.484 e. The maximum Gasteiger partial charge on any atom is 0.277 e. The Bertz CT molecular complexity index is 1140. The molecule has 4 aromatic rings. The Hall–Kier alpha value is -2.84. The Labute approximate surface area is 183 Å². The molecule has 6 nitrogen and oxygen atoms in total. The lowest BCUT2D eigenvalue weighted by Crippen LogP contribution is -1.97. The number of benzene rings is 2. The number of ether oxygens (including phenoxy) is 1. The molecule has 0 saturated carbocycles. The molecule has 1 N–H and O–H groups in total. The van der Waals surface area contributed by atoms with Crippen molar-refractivity contribution in [1.29, 1.82) is 0 Å². The molecule has 4 rings (SSSR count). The molecule has 0 saturated heterocycles. The molecule has 0 atom stereocenters. The van der Waals surface area contributed by atoms with Crippen LogP contribution in [-0.4, -0.2) is 15.2 Å². The summed E-state index contributed by atoms with van der Waals surface area (Å²) in [7, 11) is 0. The van der Waals surface area contributed by atoms with Crippen LogP contribution in [0.4, 0.5) is 10.8 Å². The van der Waals surface area contributed by atoms with Gasteiger partial charge in [0.1, 0.15) is 5.75 Å². The van der Waals surface area contributed by atoms with Gasteiger partial charge >= 0.3 is 0 Å². The lowest BCUT2D eigenvalue weighted by Gasteiger charge is -2.07. The maximum atomic E-state index is 5.82. The predicted octanol–water partition coefficient (Wildman–Crippen LogP) is 6.07. The highest BCUT2D eigenvalue weighted by atomic mass is 32.2. The number of thioether (sulfide) groups is 1. The van der Waals surface area contributed by atoms with E-state index in [0.29, 0.717) is 16.9 Å². The molecule has 0 amide bonds. The molecular formula is C22H22N4O2S2. The van der Waals surface area contributed by atoms with Crippen LogP contribution in [0.2, 0.25) is 0 Å². The Morgan fingerprint density at radius 3 is 2.80 bits per heavy atom. The zero-order chi connectivity index (χ0) is 20.9. The molecule has 0 aliphatic heterocycles. The fraction of sp³-hybridized carbons (Fsp3) is 0.227. The second-order valence-electron chi connectivity index (χ2n) is 6.89. The van der Waals surface area contributed by atoms with Gasteiger partial charge in [-0.05, 0) is 49.6 Å². The molecule has 0 unspecified atom stereocenters. The summed E-state index contributed by atoms with van der Waals surface area (Å²) in [5.41, 5.74) is 5.44. The van der Waals surface area contributed by atoms with Gasteiger partial charge in [0, 0.05) is 16.8 Å². The first-order chi connectivity index (χ1) is 14.6. The molecule has 2 aromatic carbocycles. The summed E-state index contributed by atoms with van der Waals surface area (Å²) in [5, 5.41) is 15.0. The first-order valence-corrected chi connectivity index (χ1v) is 11.4. The van der Waals surface area contributed by atoms with Crippen LogP contribution in [0.5, 0.6) is 5.75 Å². The van der Waals surface area contributed by atoms with E-state index < -0.39 is 0 Å². The second kappa shape index (κ2) is 9.32. The van der Waals surface area contributed by atoms with E-state index in [1.54, 1.807) is 11.3 Å². The van der Waals surface area contributed by atoms with Gasteiger partial charge in [0.2, 0.25) is 0 Å². The molecule has 0 aliphatic carbocycles. The fourth-order valence-electron chi connectivity index (χ4n) is 2.75. The van der Waals surface area contributed by atoms with Gasteiger partial charge in [-0.15, -0.1) is 21.5 Å². The van der Waals surface area contributed by atoms with Crippen LogP contribution in [0.1, 0.15) is 28.3 Å². The van der Waals surface area contributed by atoms with E-state index in [2.05, 4.69) is 39.6 Å². The molecule has 0 aliphatic rings. The third-order valence-corrected chi connectivity index (χ3v) is 6.08. The number of aryl methyl sites for hydroxylation is 3. The van der Waals surface area contributed by atoms with E-state index in [9.17, 15) is 0 Å². The fourth-order valence-corrected chi connectivity index (χ4v) is 4.25. The van der Waals surface area contributed by atoms with Crippen molar-refractivity contribution >= 4 is 33.9 Å². The highest BCUT2D eigenvalue weighted by Gasteiger charge is 2.11. The molecule has 0 fully saturated rings. The van der Waals surface area contributed by atoms with Crippen molar-refractivity contribution in [2.24, 2.45) is 0 Å². The molecular weight excluding hydrogens is 416 g/mol. The Morgan fingerprint density at radius 1 is 1.07 bits per heavy atom. The molecule has 154 valence electrons. The van der Waals surface area contributed by atoms with Gasteiger partial charge in [0.25, 0.3) is 11.1 Å². The van der Waals surface area contributed by atoms with E-state index in [4.69, 9.17) is 9.15 Å². The zero-order valence-electron chi connectivity index (χ0n) is 17.0. The predicted molar refractivity (Wildman–Crippen MR) is 121 cm³/mol. The number of hydrogen-bond acceptors (Lipinski definition) is 8. The third kappa shape index (κ3) is 5.20. The van der Waals surface area contributed by atoms with Crippen molar-refractivity contribution in [3.8, 4) is 5.75 Å². The van der Waals surface area contributed by atoms with E-state index in [1.165, 1.54) is 17.3 Å². The van der Waals surface area contributed by atoms with Crippen LogP contribution in [0, 0.1) is 20.8 Å². The summed E-state index contributed by atoms with van der Waals surface area (Å²) in [6, 6.07) is 14.3. The van der Waals surface area contributed by atoms with Gasteiger partial charge in [-0.2, -0.15) is 0 Å². The minimum absolute atomic E-state index is 0.249. The SMILES string of the molecule is Cc1ccc(C)c(OCc2nnc(SCc3csc(Nc4ccccc4C)n3)o2)c1. The first kappa shape index (κ1) is 20.4. The number of rotatable bonds is 8. The average Bonchev–Trinajstić information content (AvgIpc) is 3.38. The van der Waals surface area contributed by atoms with Crippen LogP contribution in [0.3, 0.4) is 0 Å². The smallest absolute Gasteiger partial charge is 0.277 e. The van der Waals surface area contributed by atoms with Crippen molar-refractivity contribution in [2.45, 2.75) is 38.4 Å². The van der Waals surface area contributed by atoms with Gasteiger partial charge in [-0.1, -0.05) is 42.1 Å². The number of aromatic nitrogens is 3. The van der Waals surface area contributed by atoms with E-state index in [0.717, 1.165) is 33.4 Å². The molecule has 30 heavy (non-hydrogen) atoms. The van der Waals surface area contributed by atoms with E-state index >= 15 is 0 Å². The number of thiazole rings is 1. The van der Waals surface area contributed by atoms with Gasteiger partial charge in [0.15, 0.2) is 11.7 Å². The maximum absolute atomic E-state index is 5.82. The molecule has 0 radical (unpaired) electrons. The van der Waals surface area contributed by atoms with E-state index in [-0.39, 0.29) is 6.61 Å². The largest absolute Gasteiger partial charge is 0.484 e. The van der Waals surface area contributed by atoms with Crippen LogP contribution in [0.15, 0.2) is 57.5 Å². The number of nitrogens with zero attached hydrogens (tertiary/aromatic N) is 3. The quantitative estimate of drug-likeness (QED) is 0.335. The highest BCUT2D eigenvalue weighted by molar-refractivity contribution is 7.98. The average molecular weight is 439 g/mol. The Balaban J connectivity index is 1.30. The van der Waals surface area contributed by atoms with Crippen molar-refractivity contribution in [3.05, 3.63) is 76.1 Å². The summed E-state index contributed by atoms with van der Waals surface area (Å²) in [6.07, 6.45) is 0. The Kier molecular flexibility index (Phi) is 6.35. The van der Waals surface area contributed by atoms with Gasteiger partial charge in [0.05, 0.1) is 5.69 Å². The van der Waals surface area contributed by atoms with Crippen molar-refractivity contribution in [2.75, 3.05) is 5.32 Å². The monoisotopic (exact) mass is 438 g/mol. The van der Waals surface area contributed by atoms with E-state index in [1.807, 2.05) is 49.6 Å². The standard InChI is InChI=1S/C22H22N4O2S2/c1-14-8-9-16(3)19(10-14)27-11-20-25-26-22(28-20)30-13-17-12-29-21(23-17)24-18-7-5-4-6-15(18)2/h4-10,12H,11,13H2,1-3H3,(H,23,24). The van der Waals surface area contributed by atoms with Crippen LogP contribution in [-0.2, 0) is 12.4 Å². The Morgan fingerprint density at radius 2 is 1.93 bits per heavy atom. The number of anilines is 2. The zero-order valence-corrected chi connectivity index (χ0v) is 18.6. The van der Waals surface area contributed by atoms with Crippen LogP contribution < -0.4 is 10.1 Å². The lowest BCUT2D eigenvalue weighted by molar-refractivity contribution is 0.250. The van der Waals surface area contributed by atoms with Crippen LogP contribution >= 0.6 is 23.1 Å². The third-order valence-electron chi connectivity index (χ3n) is 4.43. The highest BCUT2D eigenvalue weighted by Crippen LogP contribution is 2.27. The normalized spacial score (nSPS) is 10.9. The van der Waals surface area contributed by atoms with Crippen LogP contribution in [0.25, 0.3) is 0 Å². The summed E-state index contributed by atoms with van der Waals surface area (Å²) < 4.78 is 11.5. The first-order valence-electron chi connectivity index (χ1n) is 9.49. The summed E-state index contributed by atoms with van der Waals surface area (Å²) in [6.45, 7) is 6.37. The van der Waals surface area contributed by atoms with Gasteiger partial charge in [-0.3, -0.25) is 0 Å². The van der Waals surface area contributed by atoms with Crippen molar-refractivity contribution in [3.63, 3.8) is 0 Å². The molecule has 8 heteroatoms. The second-order valence-corrected chi connectivity index (χ2v) is 8.68. The van der Waals surface area contributed by atoms with Gasteiger partial charge < -0.3 is 14.5 Å². The summed E-state index contributed by atoms with van der Waals surface area (Å²) in [5.74, 6) is 1.95. The molecule has 0 spiro atoms. The summed E-state index contributed by atoms with van der Waals surface area (Å²) >= 11 is 3.04. The lowest BCUT2D eigenvalue weighted by atomic mass is 10.1. The molecule has 2 aromatic heterocycles. The minimum atomic E-state index is 0.249. The number of nitrogens with one attached hydrogen (secondary N) is 1. The molecule has 0 bridgehead atoms. The number of hydrogen-bond donors (Lipinski definition) is 1. The van der Waals surface area contributed by atoms with Gasteiger partial charge in [-0.25, -0.2) is 4.98 Å². The van der Waals surface area contributed by atoms with Crippen molar-refractivity contribution < 1.29 is 9.15 Å².